The first-order valence-electron chi connectivity index (χ1n) is 6.26. The first-order valence-corrected chi connectivity index (χ1v) is 6.79. The molecule has 0 aliphatic heterocycles. The molecule has 1 atom stereocenters. The lowest BCUT2D eigenvalue weighted by Crippen LogP contribution is -2.27. The quantitative estimate of drug-likeness (QED) is 0.514. The van der Waals surface area contributed by atoms with Gasteiger partial charge in [0.2, 0.25) is 0 Å². The van der Waals surface area contributed by atoms with Gasteiger partial charge in [-0.25, -0.2) is 0 Å². The van der Waals surface area contributed by atoms with E-state index in [1.165, 1.54) is 5.56 Å². The van der Waals surface area contributed by atoms with E-state index in [4.69, 9.17) is 16.3 Å². The van der Waals surface area contributed by atoms with Crippen LogP contribution in [0.25, 0.3) is 0 Å². The van der Waals surface area contributed by atoms with Crippen molar-refractivity contribution in [2.75, 3.05) is 12.5 Å². The van der Waals surface area contributed by atoms with Crippen LogP contribution in [-0.4, -0.2) is 12.5 Å². The molecule has 0 radical (unpaired) electrons. The van der Waals surface area contributed by atoms with E-state index >= 15 is 0 Å². The molecule has 1 rings (SSSR count). The van der Waals surface area contributed by atoms with E-state index in [-0.39, 0.29) is 5.41 Å². The van der Waals surface area contributed by atoms with Crippen molar-refractivity contribution in [1.29, 1.82) is 0 Å². The van der Waals surface area contributed by atoms with Gasteiger partial charge < -0.3 is 4.74 Å². The van der Waals surface area contributed by atoms with Crippen molar-refractivity contribution in [1.82, 2.24) is 0 Å². The van der Waals surface area contributed by atoms with Gasteiger partial charge in [-0.3, -0.25) is 0 Å². The summed E-state index contributed by atoms with van der Waals surface area (Å²) in [6, 6.07) is 10.3. The molecule has 0 N–H and O–H groups in total. The van der Waals surface area contributed by atoms with Crippen LogP contribution in [0.1, 0.15) is 32.8 Å². The predicted molar refractivity (Wildman–Crippen MR) is 74.4 cm³/mol. The maximum Gasteiger partial charge on any atom is 0.0716 e. The average molecular weight is 255 g/mol. The third kappa shape index (κ3) is 4.69. The Balaban J connectivity index is 2.28. The van der Waals surface area contributed by atoms with Gasteiger partial charge >= 0.3 is 0 Å². The standard InChI is InChI=1S/C15H23ClO/c1-13(2)15(3,12-16)9-10-17-11-14-7-5-4-6-8-14/h4-8,13H,9-12H2,1-3H3. The van der Waals surface area contributed by atoms with E-state index in [2.05, 4.69) is 32.9 Å². The highest BCUT2D eigenvalue weighted by Crippen LogP contribution is 2.32. The van der Waals surface area contributed by atoms with E-state index < -0.39 is 0 Å². The smallest absolute Gasteiger partial charge is 0.0716 e. The molecular weight excluding hydrogens is 232 g/mol. The second-order valence-electron chi connectivity index (χ2n) is 5.23. The second kappa shape index (κ2) is 7.03. The van der Waals surface area contributed by atoms with Crippen molar-refractivity contribution in [3.8, 4) is 0 Å². The monoisotopic (exact) mass is 254 g/mol. The zero-order valence-corrected chi connectivity index (χ0v) is 11.8. The van der Waals surface area contributed by atoms with Crippen molar-refractivity contribution in [3.63, 3.8) is 0 Å². The van der Waals surface area contributed by atoms with Gasteiger partial charge in [0, 0.05) is 12.5 Å². The summed E-state index contributed by atoms with van der Waals surface area (Å²) in [4.78, 5) is 0. The Labute approximate surface area is 110 Å². The summed E-state index contributed by atoms with van der Waals surface area (Å²) in [5, 5.41) is 0. The molecule has 1 aromatic carbocycles. The Morgan fingerprint density at radius 1 is 1.24 bits per heavy atom. The average Bonchev–Trinajstić information content (AvgIpc) is 2.35. The number of benzene rings is 1. The largest absolute Gasteiger partial charge is 0.377 e. The molecule has 0 amide bonds. The Bertz CT molecular complexity index is 310. The molecule has 17 heavy (non-hydrogen) atoms. The lowest BCUT2D eigenvalue weighted by molar-refractivity contribution is 0.0792. The Kier molecular flexibility index (Phi) is 6.01. The third-order valence-corrected chi connectivity index (χ3v) is 4.24. The van der Waals surface area contributed by atoms with Crippen LogP contribution in [0.4, 0.5) is 0 Å². The molecule has 1 nitrogen and oxygen atoms in total. The highest BCUT2D eigenvalue weighted by atomic mass is 35.5. The number of rotatable bonds is 7. The Hall–Kier alpha value is -0.530. The molecule has 0 aromatic heterocycles. The highest BCUT2D eigenvalue weighted by Gasteiger charge is 2.26. The van der Waals surface area contributed by atoms with Crippen LogP contribution in [0, 0.1) is 11.3 Å². The van der Waals surface area contributed by atoms with Crippen LogP contribution in [0.5, 0.6) is 0 Å². The van der Waals surface area contributed by atoms with Crippen molar-refractivity contribution < 1.29 is 4.74 Å². The molecule has 0 aliphatic rings. The van der Waals surface area contributed by atoms with Crippen LogP contribution in [0.15, 0.2) is 30.3 Å². The van der Waals surface area contributed by atoms with Crippen molar-refractivity contribution in [2.45, 2.75) is 33.8 Å². The van der Waals surface area contributed by atoms with E-state index in [1.807, 2.05) is 18.2 Å². The maximum absolute atomic E-state index is 6.04. The van der Waals surface area contributed by atoms with Crippen LogP contribution in [0.2, 0.25) is 0 Å². The van der Waals surface area contributed by atoms with Crippen LogP contribution < -0.4 is 0 Å². The second-order valence-corrected chi connectivity index (χ2v) is 5.50. The minimum Gasteiger partial charge on any atom is -0.377 e. The fraction of sp³-hybridized carbons (Fsp3) is 0.600. The number of hydrogen-bond donors (Lipinski definition) is 0. The van der Waals surface area contributed by atoms with Gasteiger partial charge in [-0.1, -0.05) is 51.1 Å². The van der Waals surface area contributed by atoms with Crippen LogP contribution in [-0.2, 0) is 11.3 Å². The predicted octanol–water partition coefficient (Wildman–Crippen LogP) is 4.49. The lowest BCUT2D eigenvalue weighted by Gasteiger charge is -2.31. The third-order valence-electron chi connectivity index (χ3n) is 3.63. The van der Waals surface area contributed by atoms with E-state index in [0.29, 0.717) is 18.4 Å². The summed E-state index contributed by atoms with van der Waals surface area (Å²) < 4.78 is 5.71. The Morgan fingerprint density at radius 2 is 1.88 bits per heavy atom. The SMILES string of the molecule is CC(C)C(C)(CCl)CCOCc1ccccc1. The summed E-state index contributed by atoms with van der Waals surface area (Å²) in [7, 11) is 0. The summed E-state index contributed by atoms with van der Waals surface area (Å²) >= 11 is 6.04. The zero-order chi connectivity index (χ0) is 12.7. The molecule has 0 fully saturated rings. The molecule has 1 unspecified atom stereocenters. The number of halogens is 1. The van der Waals surface area contributed by atoms with Gasteiger partial charge in [0.15, 0.2) is 0 Å². The van der Waals surface area contributed by atoms with Gasteiger partial charge in [-0.05, 0) is 23.3 Å². The van der Waals surface area contributed by atoms with E-state index in [9.17, 15) is 0 Å². The molecule has 1 aromatic rings. The van der Waals surface area contributed by atoms with Gasteiger partial charge in [-0.15, -0.1) is 11.6 Å². The highest BCUT2D eigenvalue weighted by molar-refractivity contribution is 6.18. The first-order chi connectivity index (χ1) is 8.08. The van der Waals surface area contributed by atoms with E-state index in [0.717, 1.165) is 13.0 Å². The maximum atomic E-state index is 6.04. The van der Waals surface area contributed by atoms with Crippen molar-refractivity contribution >= 4 is 11.6 Å². The normalized spacial score (nSPS) is 14.9. The fourth-order valence-corrected chi connectivity index (χ4v) is 2.02. The first kappa shape index (κ1) is 14.5. The minimum absolute atomic E-state index is 0.179. The Morgan fingerprint density at radius 3 is 2.41 bits per heavy atom. The van der Waals surface area contributed by atoms with Gasteiger partial charge in [0.25, 0.3) is 0 Å². The summed E-state index contributed by atoms with van der Waals surface area (Å²) in [6.45, 7) is 8.14. The fourth-order valence-electron chi connectivity index (χ4n) is 1.58. The minimum atomic E-state index is 0.179. The lowest BCUT2D eigenvalue weighted by atomic mass is 9.78. The van der Waals surface area contributed by atoms with Crippen LogP contribution >= 0.6 is 11.6 Å². The molecule has 2 heteroatoms. The molecular formula is C15H23ClO. The molecule has 0 heterocycles. The molecule has 0 spiro atoms. The molecule has 0 saturated carbocycles. The number of hydrogen-bond acceptors (Lipinski definition) is 1. The zero-order valence-electron chi connectivity index (χ0n) is 11.1. The molecule has 0 saturated heterocycles. The van der Waals surface area contributed by atoms with Gasteiger partial charge in [0.05, 0.1) is 6.61 Å². The summed E-state index contributed by atoms with van der Waals surface area (Å²) in [5.74, 6) is 1.28. The molecule has 0 bridgehead atoms. The van der Waals surface area contributed by atoms with Crippen LogP contribution in [0.3, 0.4) is 0 Å². The number of alkyl halides is 1. The van der Waals surface area contributed by atoms with Gasteiger partial charge in [-0.2, -0.15) is 0 Å². The van der Waals surface area contributed by atoms with Crippen molar-refractivity contribution in [2.24, 2.45) is 11.3 Å². The molecule has 0 aliphatic carbocycles. The topological polar surface area (TPSA) is 9.23 Å². The summed E-state index contributed by atoms with van der Waals surface area (Å²) in [6.07, 6.45) is 1.01. The van der Waals surface area contributed by atoms with E-state index in [1.54, 1.807) is 0 Å². The van der Waals surface area contributed by atoms with Gasteiger partial charge in [0.1, 0.15) is 0 Å². The number of ether oxygens (including phenoxy) is 1. The molecule has 96 valence electrons. The summed E-state index contributed by atoms with van der Waals surface area (Å²) in [5.41, 5.74) is 1.41. The van der Waals surface area contributed by atoms with Crippen molar-refractivity contribution in [3.05, 3.63) is 35.9 Å².